The van der Waals surface area contributed by atoms with Gasteiger partial charge in [-0.05, 0) is 6.92 Å². The Balaban J connectivity index is 2.04. The van der Waals surface area contributed by atoms with Crippen LogP contribution in [0.2, 0.25) is 0 Å². The summed E-state index contributed by atoms with van der Waals surface area (Å²) in [7, 11) is 1.75. The quantitative estimate of drug-likeness (QED) is 0.661. The molecule has 9 nitrogen and oxygen atoms in total. The number of nitrogens with one attached hydrogen (secondary N) is 1. The molecule has 1 aromatic heterocycles. The lowest BCUT2D eigenvalue weighted by Gasteiger charge is -2.23. The first-order valence-corrected chi connectivity index (χ1v) is 6.22. The number of carbonyl (C=O) groups excluding carboxylic acids is 1. The standard InChI is InChI=1S/C11H17N5O4/c1-6(9-14-12-5-15(9)2)13-11(20)16-4-7(17)3-8(16)10(18)19/h5-8,17H,3-4H2,1-2H3,(H,13,20)(H,18,19)/t6?,7-,8-/m0/s1. The zero-order valence-electron chi connectivity index (χ0n) is 11.2. The Labute approximate surface area is 115 Å². The third-order valence-corrected chi connectivity index (χ3v) is 3.30. The minimum absolute atomic E-state index is 0.00827. The van der Waals surface area contributed by atoms with Gasteiger partial charge in [0.2, 0.25) is 0 Å². The van der Waals surface area contributed by atoms with Crippen LogP contribution >= 0.6 is 0 Å². The SMILES string of the molecule is CC(NC(=O)N1C[C@@H](O)C[C@H]1C(=O)O)c1nncn1C. The number of aromatic nitrogens is 3. The molecule has 9 heteroatoms. The number of aliphatic carboxylic acids is 1. The molecule has 1 unspecified atom stereocenters. The lowest BCUT2D eigenvalue weighted by Crippen LogP contribution is -2.47. The van der Waals surface area contributed by atoms with Gasteiger partial charge in [0.15, 0.2) is 5.82 Å². The molecule has 2 rings (SSSR count). The molecule has 1 aliphatic rings. The van der Waals surface area contributed by atoms with Crippen LogP contribution in [0.4, 0.5) is 4.79 Å². The number of hydrogen-bond donors (Lipinski definition) is 3. The first-order valence-electron chi connectivity index (χ1n) is 6.22. The second kappa shape index (κ2) is 5.45. The van der Waals surface area contributed by atoms with Crippen molar-refractivity contribution < 1.29 is 19.8 Å². The Morgan fingerprint density at radius 3 is 2.80 bits per heavy atom. The zero-order valence-corrected chi connectivity index (χ0v) is 11.2. The van der Waals surface area contributed by atoms with E-state index < -0.39 is 30.2 Å². The van der Waals surface area contributed by atoms with Crippen LogP contribution in [0.5, 0.6) is 0 Å². The van der Waals surface area contributed by atoms with E-state index in [1.807, 2.05) is 0 Å². The normalized spacial score (nSPS) is 23.6. The van der Waals surface area contributed by atoms with E-state index in [1.165, 1.54) is 6.33 Å². The zero-order chi connectivity index (χ0) is 14.9. The second-order valence-corrected chi connectivity index (χ2v) is 4.87. The Hall–Kier alpha value is -2.16. The lowest BCUT2D eigenvalue weighted by molar-refractivity contribution is -0.141. The second-order valence-electron chi connectivity index (χ2n) is 4.87. The van der Waals surface area contributed by atoms with Crippen LogP contribution < -0.4 is 5.32 Å². The van der Waals surface area contributed by atoms with Gasteiger partial charge in [-0.15, -0.1) is 10.2 Å². The van der Waals surface area contributed by atoms with E-state index in [2.05, 4.69) is 15.5 Å². The highest BCUT2D eigenvalue weighted by atomic mass is 16.4. The van der Waals surface area contributed by atoms with E-state index in [-0.39, 0.29) is 13.0 Å². The van der Waals surface area contributed by atoms with Gasteiger partial charge in [0.05, 0.1) is 12.1 Å². The Morgan fingerprint density at radius 2 is 2.25 bits per heavy atom. The molecular weight excluding hydrogens is 266 g/mol. The summed E-state index contributed by atoms with van der Waals surface area (Å²) in [5.41, 5.74) is 0. The van der Waals surface area contributed by atoms with E-state index in [0.717, 1.165) is 4.90 Å². The highest BCUT2D eigenvalue weighted by Gasteiger charge is 2.39. The number of aliphatic hydroxyl groups excluding tert-OH is 1. The van der Waals surface area contributed by atoms with Crippen molar-refractivity contribution in [1.82, 2.24) is 25.0 Å². The Bertz CT molecular complexity index is 517. The molecule has 110 valence electrons. The smallest absolute Gasteiger partial charge is 0.326 e. The Kier molecular flexibility index (Phi) is 3.89. The summed E-state index contributed by atoms with van der Waals surface area (Å²) in [6.45, 7) is 1.73. The number of rotatable bonds is 3. The fourth-order valence-electron chi connectivity index (χ4n) is 2.29. The molecule has 0 radical (unpaired) electrons. The molecule has 1 aliphatic heterocycles. The number of urea groups is 1. The molecule has 20 heavy (non-hydrogen) atoms. The van der Waals surface area contributed by atoms with Gasteiger partial charge in [0, 0.05) is 20.0 Å². The average Bonchev–Trinajstić information content (AvgIpc) is 2.95. The van der Waals surface area contributed by atoms with Gasteiger partial charge < -0.3 is 25.0 Å². The van der Waals surface area contributed by atoms with Crippen molar-refractivity contribution in [3.63, 3.8) is 0 Å². The number of aliphatic hydroxyl groups is 1. The van der Waals surface area contributed by atoms with Crippen LogP contribution in [-0.2, 0) is 11.8 Å². The number of carboxylic acid groups (broad SMARTS) is 1. The molecule has 0 aliphatic carbocycles. The summed E-state index contributed by atoms with van der Waals surface area (Å²) in [5, 5.41) is 28.8. The molecular formula is C11H17N5O4. The van der Waals surface area contributed by atoms with Crippen LogP contribution in [0.1, 0.15) is 25.2 Å². The summed E-state index contributed by atoms with van der Waals surface area (Å²) in [6, 6.07) is -1.96. The third kappa shape index (κ3) is 2.72. The van der Waals surface area contributed by atoms with Crippen LogP contribution in [0.15, 0.2) is 6.33 Å². The van der Waals surface area contributed by atoms with Crippen molar-refractivity contribution in [3.8, 4) is 0 Å². The van der Waals surface area contributed by atoms with E-state index in [1.54, 1.807) is 18.5 Å². The van der Waals surface area contributed by atoms with Crippen LogP contribution in [0.25, 0.3) is 0 Å². The van der Waals surface area contributed by atoms with Gasteiger partial charge in [-0.25, -0.2) is 9.59 Å². The van der Waals surface area contributed by atoms with Gasteiger partial charge in [0.25, 0.3) is 0 Å². The van der Waals surface area contributed by atoms with E-state index >= 15 is 0 Å². The number of likely N-dealkylation sites (tertiary alicyclic amines) is 1. The number of hydrogen-bond acceptors (Lipinski definition) is 5. The molecule has 0 bridgehead atoms. The van der Waals surface area contributed by atoms with E-state index in [9.17, 15) is 14.7 Å². The Morgan fingerprint density at radius 1 is 1.55 bits per heavy atom. The highest BCUT2D eigenvalue weighted by Crippen LogP contribution is 2.19. The predicted molar refractivity (Wildman–Crippen MR) is 66.7 cm³/mol. The van der Waals surface area contributed by atoms with Gasteiger partial charge in [-0.2, -0.15) is 0 Å². The predicted octanol–water partition coefficient (Wildman–Crippen LogP) is -0.894. The molecule has 0 saturated carbocycles. The number of amides is 2. The highest BCUT2D eigenvalue weighted by molar-refractivity contribution is 5.83. The maximum atomic E-state index is 12.1. The van der Waals surface area contributed by atoms with Crippen molar-refractivity contribution in [2.45, 2.75) is 31.5 Å². The first kappa shape index (κ1) is 14.3. The van der Waals surface area contributed by atoms with Gasteiger partial charge in [-0.3, -0.25) is 0 Å². The van der Waals surface area contributed by atoms with Crippen molar-refractivity contribution in [2.75, 3.05) is 6.54 Å². The van der Waals surface area contributed by atoms with Crippen LogP contribution in [0, 0.1) is 0 Å². The van der Waals surface area contributed by atoms with Gasteiger partial charge in [0.1, 0.15) is 12.4 Å². The molecule has 3 atom stereocenters. The number of carboxylic acids is 1. The molecule has 2 amide bonds. The van der Waals surface area contributed by atoms with Crippen molar-refractivity contribution in [3.05, 3.63) is 12.2 Å². The van der Waals surface area contributed by atoms with Crippen molar-refractivity contribution >= 4 is 12.0 Å². The van der Waals surface area contributed by atoms with Crippen LogP contribution in [0.3, 0.4) is 0 Å². The summed E-state index contributed by atoms with van der Waals surface area (Å²) in [4.78, 5) is 24.3. The molecule has 1 aromatic rings. The molecule has 1 fully saturated rings. The maximum absolute atomic E-state index is 12.1. The number of β-amino-alcohol motifs (C(OH)–C–C–N with tert-alkyl or cyclic N) is 1. The van der Waals surface area contributed by atoms with Gasteiger partial charge >= 0.3 is 12.0 Å². The number of aryl methyl sites for hydroxylation is 1. The third-order valence-electron chi connectivity index (χ3n) is 3.30. The monoisotopic (exact) mass is 283 g/mol. The molecule has 0 aromatic carbocycles. The fraction of sp³-hybridized carbons (Fsp3) is 0.636. The van der Waals surface area contributed by atoms with E-state index in [4.69, 9.17) is 5.11 Å². The van der Waals surface area contributed by atoms with Crippen molar-refractivity contribution in [1.29, 1.82) is 0 Å². The van der Waals surface area contributed by atoms with Gasteiger partial charge in [-0.1, -0.05) is 0 Å². The molecule has 0 spiro atoms. The summed E-state index contributed by atoms with van der Waals surface area (Å²) < 4.78 is 1.67. The molecule has 2 heterocycles. The maximum Gasteiger partial charge on any atom is 0.326 e. The summed E-state index contributed by atoms with van der Waals surface area (Å²) >= 11 is 0. The van der Waals surface area contributed by atoms with Crippen LogP contribution in [-0.4, -0.2) is 60.6 Å². The largest absolute Gasteiger partial charge is 0.480 e. The van der Waals surface area contributed by atoms with Crippen molar-refractivity contribution in [2.24, 2.45) is 7.05 Å². The summed E-state index contributed by atoms with van der Waals surface area (Å²) in [6.07, 6.45) is 0.741. The summed E-state index contributed by atoms with van der Waals surface area (Å²) in [5.74, 6) is -0.562. The van der Waals surface area contributed by atoms with E-state index in [0.29, 0.717) is 5.82 Å². The molecule has 3 N–H and O–H groups in total. The molecule has 1 saturated heterocycles. The topological polar surface area (TPSA) is 121 Å². The fourth-order valence-corrected chi connectivity index (χ4v) is 2.29. The average molecular weight is 283 g/mol. The minimum Gasteiger partial charge on any atom is -0.480 e. The number of carbonyl (C=O) groups is 2. The first-order chi connectivity index (χ1) is 9.40. The lowest BCUT2D eigenvalue weighted by atomic mass is 10.2. The number of nitrogens with zero attached hydrogens (tertiary/aromatic N) is 4. The minimum atomic E-state index is -1.12.